The van der Waals surface area contributed by atoms with Gasteiger partial charge in [-0.3, -0.25) is 0 Å². The van der Waals surface area contributed by atoms with E-state index in [-0.39, 0.29) is 11.7 Å². The fraction of sp³-hybridized carbons (Fsp3) is 0.259. The molecule has 0 spiro atoms. The quantitative estimate of drug-likeness (QED) is 0.361. The van der Waals surface area contributed by atoms with Crippen LogP contribution < -0.4 is 0 Å². The summed E-state index contributed by atoms with van der Waals surface area (Å²) in [5.74, 6) is -0.939. The highest BCUT2D eigenvalue weighted by atomic mass is 16.5. The first kappa shape index (κ1) is 21.8. The second kappa shape index (κ2) is 9.37. The van der Waals surface area contributed by atoms with Crippen molar-refractivity contribution >= 4 is 11.6 Å². The molecular weight excluding hydrogens is 400 g/mol. The van der Waals surface area contributed by atoms with E-state index in [1.165, 1.54) is 0 Å². The van der Waals surface area contributed by atoms with Gasteiger partial charge in [0.25, 0.3) is 0 Å². The minimum atomic E-state index is -0.939. The number of imidazole rings is 1. The van der Waals surface area contributed by atoms with Gasteiger partial charge in [0.15, 0.2) is 0 Å². The van der Waals surface area contributed by atoms with E-state index in [0.29, 0.717) is 12.2 Å². The molecule has 0 radical (unpaired) electrons. The number of aromatic carboxylic acids is 1. The van der Waals surface area contributed by atoms with Crippen LogP contribution in [0.2, 0.25) is 0 Å². The van der Waals surface area contributed by atoms with Crippen LogP contribution >= 0.6 is 0 Å². The predicted octanol–water partition coefficient (Wildman–Crippen LogP) is 6.24. The van der Waals surface area contributed by atoms with Crippen LogP contribution in [0.3, 0.4) is 0 Å². The highest BCUT2D eigenvalue weighted by Gasteiger charge is 2.18. The van der Waals surface area contributed by atoms with Gasteiger partial charge in [-0.2, -0.15) is 0 Å². The highest BCUT2D eigenvalue weighted by Crippen LogP contribution is 2.30. The van der Waals surface area contributed by atoms with Gasteiger partial charge in [-0.15, -0.1) is 0 Å². The summed E-state index contributed by atoms with van der Waals surface area (Å²) in [6.07, 6.45) is 3.48. The Balaban J connectivity index is 1.62. The van der Waals surface area contributed by atoms with Crippen LogP contribution in [0.15, 0.2) is 66.9 Å². The number of carbonyl (C=O) groups is 1. The van der Waals surface area contributed by atoms with Crippen LogP contribution in [0, 0.1) is 6.92 Å². The lowest BCUT2D eigenvalue weighted by Crippen LogP contribution is -2.08. The maximum atomic E-state index is 12.0. The minimum absolute atomic E-state index is 0.205. The number of aryl methyl sites for hydroxylation is 2. The second-order valence-electron chi connectivity index (χ2n) is 7.97. The molecule has 0 aliphatic heterocycles. The first-order chi connectivity index (χ1) is 15.5. The van der Waals surface area contributed by atoms with Crippen LogP contribution in [0.4, 0.5) is 0 Å². The summed E-state index contributed by atoms with van der Waals surface area (Å²) in [5.41, 5.74) is 6.91. The molecule has 0 saturated heterocycles. The zero-order valence-electron chi connectivity index (χ0n) is 18.7. The summed E-state index contributed by atoms with van der Waals surface area (Å²) < 4.78 is 8.39. The van der Waals surface area contributed by atoms with Crippen LogP contribution in [0.1, 0.15) is 59.2 Å². The number of pyridine rings is 1. The van der Waals surface area contributed by atoms with Gasteiger partial charge in [0.2, 0.25) is 0 Å². The number of carboxylic acid groups (broad SMARTS) is 1. The third kappa shape index (κ3) is 4.30. The molecule has 1 N–H and O–H groups in total. The molecule has 0 saturated carbocycles. The van der Waals surface area contributed by atoms with Gasteiger partial charge in [-0.25, -0.2) is 9.78 Å². The summed E-state index contributed by atoms with van der Waals surface area (Å²) in [4.78, 5) is 16.7. The number of hydrogen-bond acceptors (Lipinski definition) is 3. The van der Waals surface area contributed by atoms with Gasteiger partial charge in [0.05, 0.1) is 24.0 Å². The van der Waals surface area contributed by atoms with Crippen LogP contribution in [-0.2, 0) is 17.8 Å². The molecule has 1 atom stereocenters. The first-order valence-electron chi connectivity index (χ1n) is 11.0. The molecule has 5 heteroatoms. The standard InChI is InChI=1S/C27H28N2O3/c1-4-21-16-29-22(13-11-18(3)26(29)28-21)17-32-25(5-2)20-12-14-23(24(15-20)27(30)31)19-9-7-6-8-10-19/h6-16,25H,4-5,17H2,1-3H3,(H,30,31). The van der Waals surface area contributed by atoms with Gasteiger partial charge in [-0.1, -0.05) is 62.4 Å². The van der Waals surface area contributed by atoms with E-state index in [4.69, 9.17) is 9.72 Å². The molecule has 0 aliphatic carbocycles. The molecule has 0 aliphatic rings. The Morgan fingerprint density at radius 3 is 2.56 bits per heavy atom. The van der Waals surface area contributed by atoms with Crippen LogP contribution in [0.25, 0.3) is 16.8 Å². The Kier molecular flexibility index (Phi) is 6.37. The predicted molar refractivity (Wildman–Crippen MR) is 126 cm³/mol. The van der Waals surface area contributed by atoms with Crippen LogP contribution in [0.5, 0.6) is 0 Å². The molecule has 0 bridgehead atoms. The van der Waals surface area contributed by atoms with E-state index in [1.807, 2.05) is 49.4 Å². The number of fused-ring (bicyclic) bond motifs is 1. The first-order valence-corrected chi connectivity index (χ1v) is 11.0. The van der Waals surface area contributed by atoms with Crippen molar-refractivity contribution in [2.75, 3.05) is 0 Å². The van der Waals surface area contributed by atoms with Gasteiger partial charge < -0.3 is 14.2 Å². The molecular formula is C27H28N2O3. The zero-order chi connectivity index (χ0) is 22.7. The summed E-state index contributed by atoms with van der Waals surface area (Å²) in [6, 6.07) is 19.3. The molecule has 32 heavy (non-hydrogen) atoms. The van der Waals surface area contributed by atoms with Gasteiger partial charge in [-0.05, 0) is 54.2 Å². The number of ether oxygens (including phenoxy) is 1. The molecule has 4 aromatic rings. The Morgan fingerprint density at radius 1 is 1.09 bits per heavy atom. The third-order valence-electron chi connectivity index (χ3n) is 5.84. The largest absolute Gasteiger partial charge is 0.478 e. The number of aromatic nitrogens is 2. The maximum Gasteiger partial charge on any atom is 0.336 e. The lowest BCUT2D eigenvalue weighted by atomic mass is 9.95. The Hall–Kier alpha value is -3.44. The summed E-state index contributed by atoms with van der Waals surface area (Å²) in [6.45, 7) is 6.62. The Bertz CT molecular complexity index is 1240. The Labute approximate surface area is 188 Å². The minimum Gasteiger partial charge on any atom is -0.478 e. The van der Waals surface area contributed by atoms with Crippen LogP contribution in [-0.4, -0.2) is 20.5 Å². The van der Waals surface area contributed by atoms with E-state index >= 15 is 0 Å². The molecule has 1 unspecified atom stereocenters. The number of carboxylic acids is 1. The van der Waals surface area contributed by atoms with Crippen molar-refractivity contribution in [2.24, 2.45) is 0 Å². The maximum absolute atomic E-state index is 12.0. The zero-order valence-corrected chi connectivity index (χ0v) is 18.7. The number of nitrogens with zero attached hydrogens (tertiary/aromatic N) is 2. The number of benzene rings is 2. The monoisotopic (exact) mass is 428 g/mol. The van der Waals surface area contributed by atoms with Gasteiger partial charge in [0, 0.05) is 11.9 Å². The molecule has 2 aromatic heterocycles. The third-order valence-corrected chi connectivity index (χ3v) is 5.84. The van der Waals surface area contributed by atoms with E-state index in [9.17, 15) is 9.90 Å². The van der Waals surface area contributed by atoms with E-state index in [1.54, 1.807) is 6.07 Å². The number of rotatable bonds is 8. The Morgan fingerprint density at radius 2 is 1.88 bits per heavy atom. The van der Waals surface area contributed by atoms with E-state index in [0.717, 1.165) is 46.6 Å². The van der Waals surface area contributed by atoms with Crippen molar-refractivity contribution in [2.45, 2.75) is 46.3 Å². The topological polar surface area (TPSA) is 63.8 Å². The molecule has 2 heterocycles. The van der Waals surface area contributed by atoms with Crippen molar-refractivity contribution in [3.05, 3.63) is 94.9 Å². The summed E-state index contributed by atoms with van der Waals surface area (Å²) in [5, 5.41) is 9.83. The van der Waals surface area contributed by atoms with Gasteiger partial charge >= 0.3 is 5.97 Å². The molecule has 5 nitrogen and oxygen atoms in total. The average Bonchev–Trinajstić information content (AvgIpc) is 3.27. The SMILES string of the molecule is CCc1cn2c(COC(CC)c3ccc(-c4ccccc4)c(C(=O)O)c3)ccc(C)c2n1. The van der Waals surface area contributed by atoms with Gasteiger partial charge in [0.1, 0.15) is 5.65 Å². The fourth-order valence-electron chi connectivity index (χ4n) is 4.03. The molecule has 164 valence electrons. The molecule has 4 rings (SSSR count). The second-order valence-corrected chi connectivity index (χ2v) is 7.97. The number of hydrogen-bond donors (Lipinski definition) is 1. The lowest BCUT2D eigenvalue weighted by molar-refractivity contribution is 0.0347. The van der Waals surface area contributed by atoms with Crippen molar-refractivity contribution < 1.29 is 14.6 Å². The van der Waals surface area contributed by atoms with Crippen molar-refractivity contribution in [3.8, 4) is 11.1 Å². The lowest BCUT2D eigenvalue weighted by Gasteiger charge is -2.19. The summed E-state index contributed by atoms with van der Waals surface area (Å²) in [7, 11) is 0. The van der Waals surface area contributed by atoms with Crippen molar-refractivity contribution in [3.63, 3.8) is 0 Å². The average molecular weight is 429 g/mol. The molecule has 2 aromatic carbocycles. The van der Waals surface area contributed by atoms with Crippen molar-refractivity contribution in [1.82, 2.24) is 9.38 Å². The van der Waals surface area contributed by atoms with E-state index in [2.05, 4.69) is 36.6 Å². The highest BCUT2D eigenvalue weighted by molar-refractivity contribution is 5.96. The fourth-order valence-corrected chi connectivity index (χ4v) is 4.03. The van der Waals surface area contributed by atoms with Crippen molar-refractivity contribution in [1.29, 1.82) is 0 Å². The molecule has 0 amide bonds. The molecule has 0 fully saturated rings. The normalized spacial score (nSPS) is 12.2. The van der Waals surface area contributed by atoms with E-state index < -0.39 is 5.97 Å². The summed E-state index contributed by atoms with van der Waals surface area (Å²) >= 11 is 0. The smallest absolute Gasteiger partial charge is 0.336 e.